The first-order chi connectivity index (χ1) is 9.13. The van der Waals surface area contributed by atoms with Crippen molar-refractivity contribution in [1.82, 2.24) is 0 Å². The van der Waals surface area contributed by atoms with Crippen molar-refractivity contribution in [2.75, 3.05) is 0 Å². The minimum atomic E-state index is -0.838. The highest BCUT2D eigenvalue weighted by atomic mass is 16.4. The lowest BCUT2D eigenvalue weighted by Crippen LogP contribution is -2.05. The summed E-state index contributed by atoms with van der Waals surface area (Å²) >= 11 is 0. The van der Waals surface area contributed by atoms with Crippen molar-refractivity contribution in [1.29, 1.82) is 0 Å². The molecule has 0 bridgehead atoms. The lowest BCUT2D eigenvalue weighted by molar-refractivity contribution is -0.136. The quantitative estimate of drug-likeness (QED) is 0.797. The highest BCUT2D eigenvalue weighted by Crippen LogP contribution is 2.44. The molecule has 2 atom stereocenters. The van der Waals surface area contributed by atoms with Crippen LogP contribution in [0.2, 0.25) is 0 Å². The van der Waals surface area contributed by atoms with Crippen LogP contribution in [0.1, 0.15) is 42.7 Å². The predicted molar refractivity (Wildman–Crippen MR) is 74.3 cm³/mol. The molecule has 2 rings (SSSR count). The fourth-order valence-corrected chi connectivity index (χ4v) is 3.01. The summed E-state index contributed by atoms with van der Waals surface area (Å²) in [5.41, 5.74) is 1.68. The molecule has 19 heavy (non-hydrogen) atoms. The number of aliphatic carboxylic acids is 1. The van der Waals surface area contributed by atoms with E-state index >= 15 is 0 Å². The maximum Gasteiger partial charge on any atom is 0.303 e. The minimum Gasteiger partial charge on any atom is -0.507 e. The van der Waals surface area contributed by atoms with Crippen LogP contribution in [0.5, 0.6) is 5.75 Å². The molecule has 1 aromatic carbocycles. The van der Waals surface area contributed by atoms with Crippen molar-refractivity contribution >= 4 is 5.97 Å². The lowest BCUT2D eigenvalue weighted by atomic mass is 9.87. The summed E-state index contributed by atoms with van der Waals surface area (Å²) in [5.74, 6) is 0.181. The standard InChI is InChI=1S/C16H20O3/c1-2-11-5-3-7-13(11)14-8-4-6-12(16(14)19)9-10-15(17)18/h2,4,6,8,11,13,19H,1,3,5,7,9-10H2,(H,17,18)/t11?,13-/m0/s1. The molecule has 0 amide bonds. The zero-order valence-corrected chi connectivity index (χ0v) is 11.0. The van der Waals surface area contributed by atoms with Crippen molar-refractivity contribution in [2.45, 2.75) is 38.0 Å². The number of hydrogen-bond donors (Lipinski definition) is 2. The molecule has 1 unspecified atom stereocenters. The van der Waals surface area contributed by atoms with E-state index in [0.29, 0.717) is 18.3 Å². The van der Waals surface area contributed by atoms with Crippen molar-refractivity contribution in [3.8, 4) is 5.75 Å². The van der Waals surface area contributed by atoms with Crippen LogP contribution in [0.25, 0.3) is 0 Å². The Bertz CT molecular complexity index is 479. The number of phenols is 1. The van der Waals surface area contributed by atoms with E-state index in [1.807, 2.05) is 18.2 Å². The van der Waals surface area contributed by atoms with E-state index in [1.165, 1.54) is 0 Å². The summed E-state index contributed by atoms with van der Waals surface area (Å²) in [6.45, 7) is 3.87. The van der Waals surface area contributed by atoms with Gasteiger partial charge in [-0.05, 0) is 42.2 Å². The van der Waals surface area contributed by atoms with E-state index in [1.54, 1.807) is 6.07 Å². The maximum atomic E-state index is 10.6. The Morgan fingerprint density at radius 1 is 1.42 bits per heavy atom. The van der Waals surface area contributed by atoms with Crippen molar-refractivity contribution < 1.29 is 15.0 Å². The highest BCUT2D eigenvalue weighted by Gasteiger charge is 2.28. The summed E-state index contributed by atoms with van der Waals surface area (Å²) in [4.78, 5) is 10.6. The lowest BCUT2D eigenvalue weighted by Gasteiger charge is -2.19. The molecule has 1 saturated carbocycles. The first kappa shape index (κ1) is 13.7. The molecule has 1 aliphatic carbocycles. The van der Waals surface area contributed by atoms with E-state index in [-0.39, 0.29) is 12.2 Å². The van der Waals surface area contributed by atoms with Gasteiger partial charge in [-0.3, -0.25) is 4.79 Å². The van der Waals surface area contributed by atoms with Crippen LogP contribution in [-0.4, -0.2) is 16.2 Å². The van der Waals surface area contributed by atoms with Gasteiger partial charge in [0.15, 0.2) is 0 Å². The first-order valence-electron chi connectivity index (χ1n) is 6.78. The third kappa shape index (κ3) is 2.98. The number of para-hydroxylation sites is 1. The number of carboxylic acid groups (broad SMARTS) is 1. The average Bonchev–Trinajstić information content (AvgIpc) is 2.85. The van der Waals surface area contributed by atoms with Gasteiger partial charge in [-0.15, -0.1) is 6.58 Å². The Kier molecular flexibility index (Phi) is 4.25. The number of phenolic OH excluding ortho intramolecular Hbond substituents is 1. The van der Waals surface area contributed by atoms with Gasteiger partial charge in [0.05, 0.1) is 0 Å². The normalized spacial score (nSPS) is 22.3. The van der Waals surface area contributed by atoms with E-state index in [0.717, 1.165) is 30.4 Å². The first-order valence-corrected chi connectivity index (χ1v) is 6.78. The zero-order valence-electron chi connectivity index (χ0n) is 11.0. The summed E-state index contributed by atoms with van der Waals surface area (Å²) in [6.07, 6.45) is 5.73. The van der Waals surface area contributed by atoms with Crippen LogP contribution < -0.4 is 0 Å². The van der Waals surface area contributed by atoms with Crippen LogP contribution in [0, 0.1) is 5.92 Å². The van der Waals surface area contributed by atoms with Crippen LogP contribution in [0.4, 0.5) is 0 Å². The number of rotatable bonds is 5. The highest BCUT2D eigenvalue weighted by molar-refractivity contribution is 5.67. The van der Waals surface area contributed by atoms with Crippen LogP contribution in [-0.2, 0) is 11.2 Å². The Balaban J connectivity index is 2.23. The van der Waals surface area contributed by atoms with Gasteiger partial charge < -0.3 is 10.2 Å². The molecule has 3 nitrogen and oxygen atoms in total. The second kappa shape index (κ2) is 5.91. The minimum absolute atomic E-state index is 0.0482. The molecular weight excluding hydrogens is 240 g/mol. The monoisotopic (exact) mass is 260 g/mol. The number of benzene rings is 1. The molecule has 1 aliphatic rings. The average molecular weight is 260 g/mol. The fourth-order valence-electron chi connectivity index (χ4n) is 3.01. The topological polar surface area (TPSA) is 57.5 Å². The smallest absolute Gasteiger partial charge is 0.303 e. The van der Waals surface area contributed by atoms with Crippen LogP contribution in [0.3, 0.4) is 0 Å². The maximum absolute atomic E-state index is 10.6. The number of aromatic hydroxyl groups is 1. The Morgan fingerprint density at radius 2 is 2.21 bits per heavy atom. The SMILES string of the molecule is C=CC1CCC[C@@H]1c1cccc(CCC(=O)O)c1O. The van der Waals surface area contributed by atoms with E-state index in [2.05, 4.69) is 6.58 Å². The predicted octanol–water partition coefficient (Wildman–Crippen LogP) is 3.48. The van der Waals surface area contributed by atoms with E-state index in [9.17, 15) is 9.90 Å². The Labute approximate surface area is 113 Å². The summed E-state index contributed by atoms with van der Waals surface area (Å²) in [5, 5.41) is 19.1. The number of carbonyl (C=O) groups is 1. The van der Waals surface area contributed by atoms with Crippen molar-refractivity contribution in [3.63, 3.8) is 0 Å². The van der Waals surface area contributed by atoms with Gasteiger partial charge in [-0.1, -0.05) is 30.7 Å². The van der Waals surface area contributed by atoms with Gasteiger partial charge >= 0.3 is 5.97 Å². The summed E-state index contributed by atoms with van der Waals surface area (Å²) in [7, 11) is 0. The van der Waals surface area contributed by atoms with Crippen molar-refractivity contribution in [3.05, 3.63) is 42.0 Å². The zero-order chi connectivity index (χ0) is 13.8. The number of carboxylic acids is 1. The van der Waals surface area contributed by atoms with Crippen LogP contribution >= 0.6 is 0 Å². The molecule has 102 valence electrons. The summed E-state index contributed by atoms with van der Waals surface area (Å²) < 4.78 is 0. The van der Waals surface area contributed by atoms with Gasteiger partial charge in [-0.2, -0.15) is 0 Å². The fraction of sp³-hybridized carbons (Fsp3) is 0.438. The molecule has 0 radical (unpaired) electrons. The van der Waals surface area contributed by atoms with E-state index < -0.39 is 5.97 Å². The number of allylic oxidation sites excluding steroid dienone is 1. The third-order valence-corrected chi connectivity index (χ3v) is 4.03. The largest absolute Gasteiger partial charge is 0.507 e. The molecule has 0 heterocycles. The second-order valence-electron chi connectivity index (χ2n) is 5.19. The second-order valence-corrected chi connectivity index (χ2v) is 5.19. The molecule has 1 aromatic rings. The van der Waals surface area contributed by atoms with Gasteiger partial charge in [0, 0.05) is 6.42 Å². The Morgan fingerprint density at radius 3 is 2.89 bits per heavy atom. The van der Waals surface area contributed by atoms with Crippen LogP contribution in [0.15, 0.2) is 30.9 Å². The molecule has 0 spiro atoms. The van der Waals surface area contributed by atoms with Gasteiger partial charge in [0.2, 0.25) is 0 Å². The molecular formula is C16H20O3. The molecule has 0 saturated heterocycles. The molecule has 0 aromatic heterocycles. The molecule has 0 aliphatic heterocycles. The van der Waals surface area contributed by atoms with E-state index in [4.69, 9.17) is 5.11 Å². The van der Waals surface area contributed by atoms with Gasteiger partial charge in [0.1, 0.15) is 5.75 Å². The van der Waals surface area contributed by atoms with Gasteiger partial charge in [-0.25, -0.2) is 0 Å². The number of hydrogen-bond acceptors (Lipinski definition) is 2. The Hall–Kier alpha value is -1.77. The molecule has 2 N–H and O–H groups in total. The molecule has 3 heteroatoms. The van der Waals surface area contributed by atoms with Gasteiger partial charge in [0.25, 0.3) is 0 Å². The number of aryl methyl sites for hydroxylation is 1. The summed E-state index contributed by atoms with van der Waals surface area (Å²) in [6, 6.07) is 5.66. The third-order valence-electron chi connectivity index (χ3n) is 4.03. The molecule has 1 fully saturated rings. The van der Waals surface area contributed by atoms with Crippen molar-refractivity contribution in [2.24, 2.45) is 5.92 Å².